The van der Waals surface area contributed by atoms with Crippen LogP contribution in [0.1, 0.15) is 24.8 Å². The quantitative estimate of drug-likeness (QED) is 0.382. The molecular formula is C13H17F2N3O. The van der Waals surface area contributed by atoms with Crippen molar-refractivity contribution in [2.45, 2.75) is 31.8 Å². The molecule has 0 spiro atoms. The number of halogens is 2. The number of amidine groups is 1. The Morgan fingerprint density at radius 3 is 2.84 bits per heavy atom. The molecule has 19 heavy (non-hydrogen) atoms. The monoisotopic (exact) mass is 269 g/mol. The molecule has 0 aromatic heterocycles. The van der Waals surface area contributed by atoms with Crippen LogP contribution >= 0.6 is 0 Å². The zero-order valence-electron chi connectivity index (χ0n) is 10.5. The van der Waals surface area contributed by atoms with Crippen molar-refractivity contribution in [3.05, 3.63) is 35.4 Å². The van der Waals surface area contributed by atoms with E-state index in [1.165, 1.54) is 6.07 Å². The number of rotatable bonds is 3. The molecule has 4 nitrogen and oxygen atoms in total. The van der Waals surface area contributed by atoms with Gasteiger partial charge in [-0.15, -0.1) is 0 Å². The van der Waals surface area contributed by atoms with Gasteiger partial charge in [0.15, 0.2) is 17.5 Å². The molecule has 1 aliphatic rings. The first-order valence-electron chi connectivity index (χ1n) is 6.27. The van der Waals surface area contributed by atoms with Crippen molar-refractivity contribution < 1.29 is 14.0 Å². The Balaban J connectivity index is 2.12. The third-order valence-electron chi connectivity index (χ3n) is 3.44. The van der Waals surface area contributed by atoms with Crippen molar-refractivity contribution in [3.63, 3.8) is 0 Å². The van der Waals surface area contributed by atoms with E-state index < -0.39 is 11.6 Å². The van der Waals surface area contributed by atoms with Crippen molar-refractivity contribution in [1.29, 1.82) is 0 Å². The smallest absolute Gasteiger partial charge is 0.159 e. The molecule has 0 aliphatic carbocycles. The maximum Gasteiger partial charge on any atom is 0.159 e. The summed E-state index contributed by atoms with van der Waals surface area (Å²) in [6.07, 6.45) is 2.83. The Kier molecular flexibility index (Phi) is 4.31. The molecule has 1 aromatic carbocycles. The van der Waals surface area contributed by atoms with E-state index in [2.05, 4.69) is 5.16 Å². The van der Waals surface area contributed by atoms with E-state index in [0.717, 1.165) is 31.9 Å². The molecule has 1 atom stereocenters. The van der Waals surface area contributed by atoms with Crippen LogP contribution < -0.4 is 5.73 Å². The summed E-state index contributed by atoms with van der Waals surface area (Å²) in [5.74, 6) is -1.53. The minimum atomic E-state index is -0.852. The molecule has 0 saturated carbocycles. The fourth-order valence-electron chi connectivity index (χ4n) is 2.45. The van der Waals surface area contributed by atoms with Gasteiger partial charge >= 0.3 is 0 Å². The number of nitrogens with two attached hydrogens (primary N) is 1. The minimum Gasteiger partial charge on any atom is -0.409 e. The van der Waals surface area contributed by atoms with Crippen LogP contribution in [0.25, 0.3) is 0 Å². The van der Waals surface area contributed by atoms with Crippen molar-refractivity contribution in [1.82, 2.24) is 4.90 Å². The van der Waals surface area contributed by atoms with Gasteiger partial charge in [0.05, 0.1) is 6.04 Å². The van der Waals surface area contributed by atoms with Gasteiger partial charge in [0.25, 0.3) is 0 Å². The SMILES string of the molecule is N/C(=N/O)C1CCCCN1Cc1ccc(F)c(F)c1. The number of oxime groups is 1. The maximum atomic E-state index is 13.2. The van der Waals surface area contributed by atoms with Crippen LogP contribution in [0.2, 0.25) is 0 Å². The fourth-order valence-corrected chi connectivity index (χ4v) is 2.45. The topological polar surface area (TPSA) is 61.9 Å². The molecule has 1 saturated heterocycles. The summed E-state index contributed by atoms with van der Waals surface area (Å²) in [6.45, 7) is 1.25. The van der Waals surface area contributed by atoms with Crippen molar-refractivity contribution in [2.24, 2.45) is 10.9 Å². The summed E-state index contributed by atoms with van der Waals surface area (Å²) in [5.41, 5.74) is 6.35. The van der Waals surface area contributed by atoms with Gasteiger partial charge in [-0.2, -0.15) is 0 Å². The first-order chi connectivity index (χ1) is 9.11. The average molecular weight is 269 g/mol. The van der Waals surface area contributed by atoms with Crippen LogP contribution in [0.5, 0.6) is 0 Å². The second-order valence-corrected chi connectivity index (χ2v) is 4.76. The highest BCUT2D eigenvalue weighted by molar-refractivity contribution is 5.85. The van der Waals surface area contributed by atoms with Crippen LogP contribution in [-0.2, 0) is 6.54 Å². The van der Waals surface area contributed by atoms with E-state index in [1.54, 1.807) is 6.07 Å². The third kappa shape index (κ3) is 3.20. The largest absolute Gasteiger partial charge is 0.409 e. The first-order valence-corrected chi connectivity index (χ1v) is 6.27. The van der Waals surface area contributed by atoms with Crippen LogP contribution in [-0.4, -0.2) is 28.5 Å². The van der Waals surface area contributed by atoms with Gasteiger partial charge in [-0.3, -0.25) is 4.90 Å². The molecule has 0 radical (unpaired) electrons. The standard InChI is InChI=1S/C13H17F2N3O/c14-10-5-4-9(7-11(10)15)8-18-6-2-1-3-12(18)13(16)17-19/h4-5,7,12,19H,1-3,6,8H2,(H2,16,17). The number of hydrogen-bond donors (Lipinski definition) is 2. The molecule has 1 heterocycles. The molecule has 1 aliphatic heterocycles. The lowest BCUT2D eigenvalue weighted by atomic mass is 10.0. The maximum absolute atomic E-state index is 13.2. The highest BCUT2D eigenvalue weighted by Crippen LogP contribution is 2.20. The average Bonchev–Trinajstić information content (AvgIpc) is 2.43. The van der Waals surface area contributed by atoms with Gasteiger partial charge < -0.3 is 10.9 Å². The molecule has 1 unspecified atom stereocenters. The first kappa shape index (κ1) is 13.7. The van der Waals surface area contributed by atoms with E-state index in [4.69, 9.17) is 10.9 Å². The lowest BCUT2D eigenvalue weighted by Crippen LogP contribution is -2.47. The van der Waals surface area contributed by atoms with Crippen LogP contribution in [0.3, 0.4) is 0 Å². The molecule has 1 fully saturated rings. The zero-order valence-corrected chi connectivity index (χ0v) is 10.5. The molecular weight excluding hydrogens is 252 g/mol. The summed E-state index contributed by atoms with van der Waals surface area (Å²) in [7, 11) is 0. The summed E-state index contributed by atoms with van der Waals surface area (Å²) < 4.78 is 26.0. The van der Waals surface area contributed by atoms with E-state index in [9.17, 15) is 8.78 Å². The van der Waals surface area contributed by atoms with Crippen LogP contribution in [0, 0.1) is 11.6 Å². The molecule has 1 aromatic rings. The summed E-state index contributed by atoms with van der Waals surface area (Å²) in [4.78, 5) is 2.02. The van der Waals surface area contributed by atoms with Crippen molar-refractivity contribution >= 4 is 5.84 Å². The molecule has 0 amide bonds. The van der Waals surface area contributed by atoms with Gasteiger partial charge in [-0.1, -0.05) is 17.6 Å². The van der Waals surface area contributed by atoms with Gasteiger partial charge in [0.1, 0.15) is 0 Å². The summed E-state index contributed by atoms with van der Waals surface area (Å²) in [6, 6.07) is 3.71. The van der Waals surface area contributed by atoms with E-state index in [1.807, 2.05) is 4.90 Å². The number of benzene rings is 1. The van der Waals surface area contributed by atoms with Crippen LogP contribution in [0.15, 0.2) is 23.4 Å². The van der Waals surface area contributed by atoms with Crippen molar-refractivity contribution in [3.8, 4) is 0 Å². The highest BCUT2D eigenvalue weighted by atomic mass is 19.2. The Hall–Kier alpha value is -1.69. The molecule has 104 valence electrons. The van der Waals surface area contributed by atoms with Gasteiger partial charge in [-0.05, 0) is 37.1 Å². The second-order valence-electron chi connectivity index (χ2n) is 4.76. The predicted molar refractivity (Wildman–Crippen MR) is 67.8 cm³/mol. The Bertz CT molecular complexity index is 479. The lowest BCUT2D eigenvalue weighted by molar-refractivity contribution is 0.178. The molecule has 6 heteroatoms. The van der Waals surface area contributed by atoms with E-state index >= 15 is 0 Å². The number of likely N-dealkylation sites (tertiary alicyclic amines) is 1. The minimum absolute atomic E-state index is 0.146. The molecule has 2 rings (SSSR count). The summed E-state index contributed by atoms with van der Waals surface area (Å²) in [5, 5.41) is 11.8. The number of nitrogens with zero attached hydrogens (tertiary/aromatic N) is 2. The Morgan fingerprint density at radius 2 is 2.16 bits per heavy atom. The predicted octanol–water partition coefficient (Wildman–Crippen LogP) is 2.07. The van der Waals surface area contributed by atoms with Gasteiger partial charge in [0, 0.05) is 6.54 Å². The lowest BCUT2D eigenvalue weighted by Gasteiger charge is -2.34. The van der Waals surface area contributed by atoms with Gasteiger partial charge in [0.2, 0.25) is 0 Å². The van der Waals surface area contributed by atoms with Gasteiger partial charge in [-0.25, -0.2) is 8.78 Å². The Morgan fingerprint density at radius 1 is 1.37 bits per heavy atom. The molecule has 0 bridgehead atoms. The Labute approximate surface area is 110 Å². The third-order valence-corrected chi connectivity index (χ3v) is 3.44. The normalized spacial score (nSPS) is 21.6. The number of piperidine rings is 1. The van der Waals surface area contributed by atoms with E-state index in [0.29, 0.717) is 12.1 Å². The molecule has 3 N–H and O–H groups in total. The highest BCUT2D eigenvalue weighted by Gasteiger charge is 2.26. The number of hydrogen-bond acceptors (Lipinski definition) is 3. The van der Waals surface area contributed by atoms with Crippen molar-refractivity contribution in [2.75, 3.05) is 6.54 Å². The summed E-state index contributed by atoms with van der Waals surface area (Å²) >= 11 is 0. The zero-order chi connectivity index (χ0) is 13.8. The van der Waals surface area contributed by atoms with E-state index in [-0.39, 0.29) is 11.9 Å². The van der Waals surface area contributed by atoms with Crippen LogP contribution in [0.4, 0.5) is 8.78 Å². The second kappa shape index (κ2) is 5.97. The fraction of sp³-hybridized carbons (Fsp3) is 0.462.